The highest BCUT2D eigenvalue weighted by molar-refractivity contribution is 9.10. The quantitative estimate of drug-likeness (QED) is 0.507. The molecule has 0 bridgehead atoms. The first kappa shape index (κ1) is 23.3. The molecule has 160 valence electrons. The van der Waals surface area contributed by atoms with E-state index in [1.54, 1.807) is 10.7 Å². The number of halogens is 4. The fraction of sp³-hybridized carbons (Fsp3) is 0.222. The van der Waals surface area contributed by atoms with Gasteiger partial charge in [0.2, 0.25) is 0 Å². The van der Waals surface area contributed by atoms with Crippen LogP contribution >= 0.6 is 15.9 Å². The molecule has 1 aromatic carbocycles. The second-order valence-electron chi connectivity index (χ2n) is 5.94. The molecule has 0 saturated heterocycles. The number of fused-ring (bicyclic) bond motifs is 1. The predicted octanol–water partition coefficient (Wildman–Crippen LogP) is 2.40. The van der Waals surface area contributed by atoms with E-state index in [9.17, 15) is 18.0 Å². The Labute approximate surface area is 177 Å². The number of carbonyl (C=O) groups excluding carboxylic acids is 1. The molecule has 0 saturated carbocycles. The number of amides is 1. The van der Waals surface area contributed by atoms with Crippen molar-refractivity contribution >= 4 is 33.5 Å². The molecule has 2 aromatic heterocycles. The van der Waals surface area contributed by atoms with Gasteiger partial charge in [-0.1, -0.05) is 28.1 Å². The van der Waals surface area contributed by atoms with Gasteiger partial charge in [0.1, 0.15) is 5.56 Å². The van der Waals surface area contributed by atoms with Gasteiger partial charge in [0.25, 0.3) is 5.91 Å². The van der Waals surface area contributed by atoms with Gasteiger partial charge in [0.15, 0.2) is 5.65 Å². The van der Waals surface area contributed by atoms with Crippen molar-refractivity contribution in [3.63, 3.8) is 0 Å². The van der Waals surface area contributed by atoms with Crippen LogP contribution in [-0.2, 0) is 11.2 Å². The summed E-state index contributed by atoms with van der Waals surface area (Å²) >= 11 is 3.43. The van der Waals surface area contributed by atoms with E-state index in [0.29, 0.717) is 24.3 Å². The van der Waals surface area contributed by atoms with E-state index in [1.807, 2.05) is 18.3 Å². The van der Waals surface area contributed by atoms with Crippen molar-refractivity contribution in [2.24, 2.45) is 5.73 Å². The van der Waals surface area contributed by atoms with E-state index >= 15 is 0 Å². The summed E-state index contributed by atoms with van der Waals surface area (Å²) in [6.45, 7) is 0.827. The van der Waals surface area contributed by atoms with Crippen molar-refractivity contribution in [1.82, 2.24) is 19.9 Å². The number of benzene rings is 1. The number of carbonyl (C=O) groups is 2. The lowest BCUT2D eigenvalue weighted by molar-refractivity contribution is -0.192. The molecule has 0 aliphatic carbocycles. The van der Waals surface area contributed by atoms with Gasteiger partial charge in [-0.15, -0.1) is 0 Å². The zero-order valence-corrected chi connectivity index (χ0v) is 16.9. The molecular weight excluding hydrogens is 471 g/mol. The molecule has 2 heterocycles. The zero-order valence-electron chi connectivity index (χ0n) is 15.4. The summed E-state index contributed by atoms with van der Waals surface area (Å²) in [5.41, 5.74) is 8.59. The molecule has 0 radical (unpaired) electrons. The Bertz CT molecular complexity index is 1020. The first-order valence-corrected chi connectivity index (χ1v) is 9.26. The molecule has 30 heavy (non-hydrogen) atoms. The fourth-order valence-corrected chi connectivity index (χ4v) is 2.55. The Morgan fingerprint density at radius 1 is 1.17 bits per heavy atom. The highest BCUT2D eigenvalue weighted by Gasteiger charge is 2.38. The Morgan fingerprint density at radius 2 is 1.80 bits per heavy atom. The van der Waals surface area contributed by atoms with Crippen LogP contribution in [0.25, 0.3) is 5.65 Å². The van der Waals surface area contributed by atoms with Crippen LogP contribution in [0.1, 0.15) is 21.5 Å². The molecule has 0 aliphatic rings. The van der Waals surface area contributed by atoms with E-state index in [0.717, 1.165) is 16.5 Å². The van der Waals surface area contributed by atoms with Crippen molar-refractivity contribution in [3.8, 4) is 0 Å². The van der Waals surface area contributed by atoms with Gasteiger partial charge >= 0.3 is 12.1 Å². The molecule has 0 atom stereocenters. The fourth-order valence-electron chi connectivity index (χ4n) is 2.28. The van der Waals surface area contributed by atoms with Gasteiger partial charge in [-0.25, -0.2) is 14.3 Å². The minimum Gasteiger partial charge on any atom is -0.475 e. The molecule has 0 spiro atoms. The van der Waals surface area contributed by atoms with Crippen LogP contribution in [0.3, 0.4) is 0 Å². The molecule has 1 amide bonds. The van der Waals surface area contributed by atoms with Crippen LogP contribution in [0.2, 0.25) is 0 Å². The molecular formula is C18H17BrF3N5O3. The maximum Gasteiger partial charge on any atom is 0.490 e. The van der Waals surface area contributed by atoms with E-state index < -0.39 is 12.1 Å². The first-order chi connectivity index (χ1) is 14.1. The zero-order chi connectivity index (χ0) is 22.3. The van der Waals surface area contributed by atoms with Crippen molar-refractivity contribution in [2.75, 3.05) is 13.1 Å². The van der Waals surface area contributed by atoms with Gasteiger partial charge in [0, 0.05) is 36.4 Å². The highest BCUT2D eigenvalue weighted by atomic mass is 79.9. The number of nitrogens with zero attached hydrogens (tertiary/aromatic N) is 3. The lowest BCUT2D eigenvalue weighted by Crippen LogP contribution is -2.28. The number of hydrogen-bond acceptors (Lipinski definition) is 5. The van der Waals surface area contributed by atoms with Gasteiger partial charge in [-0.05, 0) is 23.3 Å². The Kier molecular flexibility index (Phi) is 7.89. The minimum absolute atomic E-state index is 0.210. The number of alkyl halides is 3. The average molecular weight is 488 g/mol. The smallest absolute Gasteiger partial charge is 0.475 e. The monoisotopic (exact) mass is 487 g/mol. The van der Waals surface area contributed by atoms with E-state index in [1.165, 1.54) is 11.8 Å². The van der Waals surface area contributed by atoms with Crippen LogP contribution in [0.4, 0.5) is 13.2 Å². The lowest BCUT2D eigenvalue weighted by Gasteiger charge is -2.04. The molecule has 4 N–H and O–H groups in total. The standard InChI is InChI=1S/C16H16BrN5O.C2HF3O2/c17-13-3-1-11(2-4-13)7-12-8-20-15-14(9-21-22(15)10-12)16(23)19-6-5-18;3-2(4,5)1(6)7/h1-4,8-10H,5-7,18H2,(H,19,23);(H,6,7). The summed E-state index contributed by atoms with van der Waals surface area (Å²) in [7, 11) is 0. The summed E-state index contributed by atoms with van der Waals surface area (Å²) in [5.74, 6) is -2.97. The summed E-state index contributed by atoms with van der Waals surface area (Å²) in [5, 5.41) is 14.1. The third kappa shape index (κ3) is 6.52. The van der Waals surface area contributed by atoms with Crippen molar-refractivity contribution < 1.29 is 27.9 Å². The topological polar surface area (TPSA) is 123 Å². The number of nitrogens with one attached hydrogen (secondary N) is 1. The number of carboxylic acid groups (broad SMARTS) is 1. The van der Waals surface area contributed by atoms with Crippen LogP contribution in [-0.4, -0.2) is 50.8 Å². The Morgan fingerprint density at radius 3 is 2.37 bits per heavy atom. The first-order valence-electron chi connectivity index (χ1n) is 8.47. The van der Waals surface area contributed by atoms with Gasteiger partial charge in [0.05, 0.1) is 6.20 Å². The SMILES string of the molecule is NCCNC(=O)c1cnn2cc(Cc3ccc(Br)cc3)cnc12.O=C(O)C(F)(F)F. The van der Waals surface area contributed by atoms with Gasteiger partial charge in [-0.2, -0.15) is 18.3 Å². The Hall–Kier alpha value is -2.99. The third-order valence-corrected chi connectivity index (χ3v) is 4.18. The summed E-state index contributed by atoms with van der Waals surface area (Å²) in [6, 6.07) is 8.14. The van der Waals surface area contributed by atoms with E-state index in [2.05, 4.69) is 43.5 Å². The molecule has 8 nitrogen and oxygen atoms in total. The average Bonchev–Trinajstić information content (AvgIpc) is 3.11. The van der Waals surface area contributed by atoms with Crippen LogP contribution in [0, 0.1) is 0 Å². The third-order valence-electron chi connectivity index (χ3n) is 3.65. The van der Waals surface area contributed by atoms with Crippen molar-refractivity contribution in [2.45, 2.75) is 12.6 Å². The second-order valence-corrected chi connectivity index (χ2v) is 6.86. The molecule has 0 fully saturated rings. The number of carboxylic acids is 1. The van der Waals surface area contributed by atoms with E-state index in [-0.39, 0.29) is 5.91 Å². The molecule has 0 aliphatic heterocycles. The summed E-state index contributed by atoms with van der Waals surface area (Å²) in [4.78, 5) is 25.3. The number of hydrogen-bond donors (Lipinski definition) is 3. The maximum absolute atomic E-state index is 12.0. The normalized spacial score (nSPS) is 11.0. The molecule has 3 rings (SSSR count). The van der Waals surface area contributed by atoms with Crippen molar-refractivity contribution in [1.29, 1.82) is 0 Å². The maximum atomic E-state index is 12.0. The number of aromatic nitrogens is 3. The van der Waals surface area contributed by atoms with Gasteiger partial charge in [-0.3, -0.25) is 4.79 Å². The van der Waals surface area contributed by atoms with E-state index in [4.69, 9.17) is 15.6 Å². The van der Waals surface area contributed by atoms with Crippen molar-refractivity contribution in [3.05, 3.63) is 64.0 Å². The number of nitrogens with two attached hydrogens (primary N) is 1. The van der Waals surface area contributed by atoms with Gasteiger partial charge < -0.3 is 16.2 Å². The number of rotatable bonds is 5. The largest absolute Gasteiger partial charge is 0.490 e. The Balaban J connectivity index is 0.000000396. The summed E-state index contributed by atoms with van der Waals surface area (Å²) < 4.78 is 34.4. The van der Waals surface area contributed by atoms with Crippen LogP contribution in [0.5, 0.6) is 0 Å². The lowest BCUT2D eigenvalue weighted by atomic mass is 10.1. The second kappa shape index (κ2) is 10.2. The molecule has 0 unspecified atom stereocenters. The number of aliphatic carboxylic acids is 1. The highest BCUT2D eigenvalue weighted by Crippen LogP contribution is 2.15. The minimum atomic E-state index is -5.08. The molecule has 3 aromatic rings. The van der Waals surface area contributed by atoms with Crippen LogP contribution in [0.15, 0.2) is 47.3 Å². The predicted molar refractivity (Wildman–Crippen MR) is 105 cm³/mol. The summed E-state index contributed by atoms with van der Waals surface area (Å²) in [6.07, 6.45) is 0.866. The van der Waals surface area contributed by atoms with Crippen LogP contribution < -0.4 is 11.1 Å². The molecule has 12 heteroatoms.